The van der Waals surface area contributed by atoms with E-state index >= 15 is 0 Å². The number of ether oxygens (including phenoxy) is 2. The van der Waals surface area contributed by atoms with Gasteiger partial charge in [0.2, 0.25) is 0 Å². The summed E-state index contributed by atoms with van der Waals surface area (Å²) >= 11 is 0. The van der Waals surface area contributed by atoms with Crippen LogP contribution in [-0.4, -0.2) is 30.3 Å². The van der Waals surface area contributed by atoms with E-state index in [-0.39, 0.29) is 11.5 Å². The highest BCUT2D eigenvalue weighted by Crippen LogP contribution is 2.16. The minimum absolute atomic E-state index is 0.294. The van der Waals surface area contributed by atoms with Crippen LogP contribution in [0.25, 0.3) is 6.08 Å². The molecule has 0 radical (unpaired) electrons. The highest BCUT2D eigenvalue weighted by Gasteiger charge is 2.05. The Hall–Kier alpha value is -3.07. The normalized spacial score (nSPS) is 10.9. The van der Waals surface area contributed by atoms with E-state index in [9.17, 15) is 9.59 Å². The Kier molecular flexibility index (Phi) is 13.2. The molecule has 0 unspecified atom stereocenters. The zero-order valence-electron chi connectivity index (χ0n) is 18.4. The summed E-state index contributed by atoms with van der Waals surface area (Å²) in [7, 11) is 0. The van der Waals surface area contributed by atoms with Crippen molar-refractivity contribution in [3.8, 4) is 11.8 Å². The summed E-state index contributed by atoms with van der Waals surface area (Å²) in [6, 6.07) is 8.69. The van der Waals surface area contributed by atoms with Crippen molar-refractivity contribution in [2.75, 3.05) is 13.2 Å². The van der Waals surface area contributed by atoms with Crippen LogP contribution in [-0.2, 0) is 14.3 Å². The molecule has 0 aliphatic carbocycles. The molecule has 6 nitrogen and oxygen atoms in total. The van der Waals surface area contributed by atoms with Crippen LogP contribution in [0.2, 0.25) is 0 Å². The molecule has 0 saturated carbocycles. The molecule has 1 N–H and O–H groups in total. The number of nitrogens with zero attached hydrogens (tertiary/aromatic N) is 1. The number of esters is 1. The SMILES string of the molecule is C=C(C)C(=O)OCCCCCCCCCCCOc1ccc(C=C(C#N)C(=O)O)cc1. The quantitative estimate of drug-likeness (QED) is 0.158. The fourth-order valence-electron chi connectivity index (χ4n) is 2.89. The van der Waals surface area contributed by atoms with Crippen LogP contribution in [0.4, 0.5) is 0 Å². The lowest BCUT2D eigenvalue weighted by molar-refractivity contribution is -0.139. The minimum Gasteiger partial charge on any atom is -0.494 e. The molecular formula is C25H33NO5. The largest absolute Gasteiger partial charge is 0.494 e. The van der Waals surface area contributed by atoms with E-state index in [0.717, 1.165) is 31.4 Å². The highest BCUT2D eigenvalue weighted by molar-refractivity contribution is 5.96. The van der Waals surface area contributed by atoms with Gasteiger partial charge in [0.1, 0.15) is 17.4 Å². The average molecular weight is 428 g/mol. The van der Waals surface area contributed by atoms with Gasteiger partial charge in [-0.3, -0.25) is 0 Å². The third kappa shape index (κ3) is 12.3. The van der Waals surface area contributed by atoms with Crippen molar-refractivity contribution in [2.45, 2.75) is 64.7 Å². The van der Waals surface area contributed by atoms with Gasteiger partial charge in [0.05, 0.1) is 13.2 Å². The Labute approximate surface area is 185 Å². The van der Waals surface area contributed by atoms with Crippen molar-refractivity contribution in [3.63, 3.8) is 0 Å². The number of carbonyl (C=O) groups excluding carboxylic acids is 1. The molecule has 31 heavy (non-hydrogen) atoms. The van der Waals surface area contributed by atoms with E-state index in [1.54, 1.807) is 37.3 Å². The molecule has 0 aliphatic rings. The summed E-state index contributed by atoms with van der Waals surface area (Å²) in [5, 5.41) is 17.6. The average Bonchev–Trinajstić information content (AvgIpc) is 2.75. The number of carbonyl (C=O) groups is 2. The number of carboxylic acids is 1. The molecule has 0 fully saturated rings. The molecule has 0 aromatic heterocycles. The first kappa shape index (κ1) is 26.0. The zero-order chi connectivity index (χ0) is 22.9. The molecule has 0 amide bonds. The Morgan fingerprint density at radius 3 is 1.97 bits per heavy atom. The van der Waals surface area contributed by atoms with Gasteiger partial charge in [-0.15, -0.1) is 0 Å². The van der Waals surface area contributed by atoms with Gasteiger partial charge in [-0.25, -0.2) is 9.59 Å². The van der Waals surface area contributed by atoms with E-state index in [4.69, 9.17) is 19.8 Å². The van der Waals surface area contributed by atoms with Crippen LogP contribution in [0, 0.1) is 11.3 Å². The molecule has 0 aliphatic heterocycles. The molecule has 0 spiro atoms. The van der Waals surface area contributed by atoms with Crippen LogP contribution in [0.1, 0.15) is 70.3 Å². The van der Waals surface area contributed by atoms with Gasteiger partial charge in [-0.1, -0.05) is 63.7 Å². The maximum atomic E-state index is 11.2. The van der Waals surface area contributed by atoms with Gasteiger partial charge >= 0.3 is 11.9 Å². The molecule has 168 valence electrons. The second kappa shape index (κ2) is 15.7. The van der Waals surface area contributed by atoms with Crippen molar-refractivity contribution in [3.05, 3.63) is 47.6 Å². The number of benzene rings is 1. The van der Waals surface area contributed by atoms with Gasteiger partial charge in [0.15, 0.2) is 0 Å². The first-order chi connectivity index (χ1) is 14.9. The first-order valence-corrected chi connectivity index (χ1v) is 10.8. The Bertz CT molecular complexity index is 774. The lowest BCUT2D eigenvalue weighted by Gasteiger charge is -2.07. The standard InChI is InChI=1S/C25H33NO5/c1-20(2)25(29)31-17-11-9-7-5-3-4-6-8-10-16-30-23-14-12-21(13-15-23)18-22(19-26)24(27)28/h12-15,18H,1,3-11,16-17H2,2H3,(H,27,28). The topological polar surface area (TPSA) is 96.6 Å². The monoisotopic (exact) mass is 427 g/mol. The predicted molar refractivity (Wildman–Crippen MR) is 120 cm³/mol. The van der Waals surface area contributed by atoms with Crippen LogP contribution < -0.4 is 4.74 Å². The van der Waals surface area contributed by atoms with Crippen LogP contribution in [0.3, 0.4) is 0 Å². The number of hydrogen-bond donors (Lipinski definition) is 1. The van der Waals surface area contributed by atoms with E-state index in [1.165, 1.54) is 38.2 Å². The first-order valence-electron chi connectivity index (χ1n) is 10.8. The summed E-state index contributed by atoms with van der Waals surface area (Å²) < 4.78 is 10.8. The number of rotatable bonds is 16. The molecular weight excluding hydrogens is 394 g/mol. The molecule has 0 saturated heterocycles. The molecule has 6 heteroatoms. The predicted octanol–water partition coefficient (Wildman–Crippen LogP) is 5.69. The number of unbranched alkanes of at least 4 members (excludes halogenated alkanes) is 8. The van der Waals surface area contributed by atoms with Crippen LogP contribution in [0.15, 0.2) is 42.0 Å². The summed E-state index contributed by atoms with van der Waals surface area (Å²) in [5.41, 5.74) is 0.806. The molecule has 1 aromatic carbocycles. The lowest BCUT2D eigenvalue weighted by Crippen LogP contribution is -2.05. The third-order valence-electron chi connectivity index (χ3n) is 4.68. The van der Waals surface area contributed by atoms with Gasteiger partial charge in [0.25, 0.3) is 0 Å². The number of carboxylic acid groups (broad SMARTS) is 1. The van der Waals surface area contributed by atoms with Crippen molar-refractivity contribution in [2.24, 2.45) is 0 Å². The van der Waals surface area contributed by atoms with E-state index < -0.39 is 5.97 Å². The Morgan fingerprint density at radius 1 is 0.968 bits per heavy atom. The smallest absolute Gasteiger partial charge is 0.346 e. The van der Waals surface area contributed by atoms with Crippen molar-refractivity contribution in [1.82, 2.24) is 0 Å². The van der Waals surface area contributed by atoms with E-state index in [2.05, 4.69) is 6.58 Å². The summed E-state index contributed by atoms with van der Waals surface area (Å²) in [4.78, 5) is 22.1. The van der Waals surface area contributed by atoms with Gasteiger partial charge in [-0.2, -0.15) is 5.26 Å². The lowest BCUT2D eigenvalue weighted by atomic mass is 10.1. The van der Waals surface area contributed by atoms with Crippen molar-refractivity contribution < 1.29 is 24.2 Å². The molecule has 1 rings (SSSR count). The molecule has 0 bridgehead atoms. The van der Waals surface area contributed by atoms with Crippen molar-refractivity contribution in [1.29, 1.82) is 5.26 Å². The second-order valence-corrected chi connectivity index (χ2v) is 7.49. The second-order valence-electron chi connectivity index (χ2n) is 7.49. The maximum Gasteiger partial charge on any atom is 0.346 e. The van der Waals surface area contributed by atoms with Crippen molar-refractivity contribution >= 4 is 18.0 Å². The third-order valence-corrected chi connectivity index (χ3v) is 4.68. The van der Waals surface area contributed by atoms with Crippen LogP contribution in [0.5, 0.6) is 5.75 Å². The number of nitriles is 1. The number of aliphatic carboxylic acids is 1. The van der Waals surface area contributed by atoms with E-state index in [1.807, 2.05) is 0 Å². The fourth-order valence-corrected chi connectivity index (χ4v) is 2.89. The molecule has 1 aromatic rings. The Balaban J connectivity index is 2.01. The molecule has 0 heterocycles. The van der Waals surface area contributed by atoms with Crippen LogP contribution >= 0.6 is 0 Å². The minimum atomic E-state index is -1.23. The molecule has 0 atom stereocenters. The summed E-state index contributed by atoms with van der Waals surface area (Å²) in [5.74, 6) is -0.799. The van der Waals surface area contributed by atoms with Gasteiger partial charge in [0, 0.05) is 5.57 Å². The van der Waals surface area contributed by atoms with E-state index in [0.29, 0.717) is 24.4 Å². The summed E-state index contributed by atoms with van der Waals surface area (Å²) in [6.07, 6.45) is 11.5. The van der Waals surface area contributed by atoms with Gasteiger partial charge in [-0.05, 0) is 43.5 Å². The summed E-state index contributed by atoms with van der Waals surface area (Å²) in [6.45, 7) is 6.34. The fraction of sp³-hybridized carbons (Fsp3) is 0.480. The highest BCUT2D eigenvalue weighted by atomic mass is 16.5. The maximum absolute atomic E-state index is 11.2. The van der Waals surface area contributed by atoms with Gasteiger partial charge < -0.3 is 14.6 Å². The zero-order valence-corrected chi connectivity index (χ0v) is 18.4. The number of hydrogen-bond acceptors (Lipinski definition) is 5. The Morgan fingerprint density at radius 2 is 1.48 bits per heavy atom.